The second-order valence-corrected chi connectivity index (χ2v) is 9.17. The average Bonchev–Trinajstić information content (AvgIpc) is 3.35. The lowest BCUT2D eigenvalue weighted by Gasteiger charge is -2.10. The molecule has 0 saturated heterocycles. The zero-order valence-corrected chi connectivity index (χ0v) is 19.7. The molecule has 32 heavy (non-hydrogen) atoms. The Morgan fingerprint density at radius 1 is 1.22 bits per heavy atom. The molecule has 0 aliphatic carbocycles. The van der Waals surface area contributed by atoms with Gasteiger partial charge in [-0.2, -0.15) is 0 Å². The number of ether oxygens (including phenoxy) is 1. The number of hydrogen-bond acceptors (Lipinski definition) is 8. The van der Waals surface area contributed by atoms with E-state index in [0.29, 0.717) is 29.6 Å². The summed E-state index contributed by atoms with van der Waals surface area (Å²) in [6.45, 7) is 6.24. The van der Waals surface area contributed by atoms with E-state index in [1.165, 1.54) is 28.5 Å². The number of anilines is 1. The van der Waals surface area contributed by atoms with Crippen LogP contribution in [0.3, 0.4) is 0 Å². The molecule has 3 heterocycles. The number of thiazole rings is 1. The van der Waals surface area contributed by atoms with E-state index in [9.17, 15) is 9.59 Å². The smallest absolute Gasteiger partial charge is 0.311 e. The number of thioether (sulfide) groups is 1. The standard InChI is InChI=1S/C22H23N5O3S2/c1-4-30-19(29)11-15-12-32-21(23-15)24-18(28)8-9-31-22-26-25-17-10-14(3)16-7-5-6-13(2)20(16)27(17)22/h5-7,10,12H,4,8-9,11H2,1-3H3,(H,23,24,28). The Kier molecular flexibility index (Phi) is 6.71. The number of aryl methyl sites for hydroxylation is 2. The van der Waals surface area contributed by atoms with Gasteiger partial charge in [0, 0.05) is 22.9 Å². The van der Waals surface area contributed by atoms with E-state index in [4.69, 9.17) is 4.74 Å². The van der Waals surface area contributed by atoms with Crippen LogP contribution in [-0.2, 0) is 20.7 Å². The maximum absolute atomic E-state index is 12.4. The lowest BCUT2D eigenvalue weighted by molar-refractivity contribution is -0.142. The topological polar surface area (TPSA) is 98.5 Å². The monoisotopic (exact) mass is 469 g/mol. The van der Waals surface area contributed by atoms with Crippen LogP contribution in [-0.4, -0.2) is 43.8 Å². The van der Waals surface area contributed by atoms with Gasteiger partial charge in [-0.3, -0.25) is 14.0 Å². The summed E-state index contributed by atoms with van der Waals surface area (Å²) >= 11 is 2.79. The van der Waals surface area contributed by atoms with Gasteiger partial charge in [-0.15, -0.1) is 21.5 Å². The van der Waals surface area contributed by atoms with E-state index in [0.717, 1.165) is 27.4 Å². The number of amides is 1. The number of para-hydroxylation sites is 1. The predicted molar refractivity (Wildman–Crippen MR) is 126 cm³/mol. The number of carbonyl (C=O) groups excluding carboxylic acids is 2. The van der Waals surface area contributed by atoms with Crippen molar-refractivity contribution in [1.29, 1.82) is 0 Å². The third kappa shape index (κ3) is 4.76. The van der Waals surface area contributed by atoms with Crippen LogP contribution < -0.4 is 5.32 Å². The molecular weight excluding hydrogens is 446 g/mol. The number of esters is 1. The highest BCUT2D eigenvalue weighted by atomic mass is 32.2. The van der Waals surface area contributed by atoms with Gasteiger partial charge in [-0.25, -0.2) is 4.98 Å². The number of pyridine rings is 1. The zero-order valence-electron chi connectivity index (χ0n) is 18.0. The van der Waals surface area contributed by atoms with Crippen molar-refractivity contribution in [2.24, 2.45) is 0 Å². The van der Waals surface area contributed by atoms with Crippen LogP contribution in [0.4, 0.5) is 5.13 Å². The van der Waals surface area contributed by atoms with Gasteiger partial charge in [0.1, 0.15) is 0 Å². The number of carbonyl (C=O) groups is 2. The highest BCUT2D eigenvalue weighted by Crippen LogP contribution is 2.28. The lowest BCUT2D eigenvalue weighted by Crippen LogP contribution is -2.12. The molecule has 0 saturated carbocycles. The Balaban J connectivity index is 1.39. The van der Waals surface area contributed by atoms with Crippen molar-refractivity contribution >= 4 is 56.7 Å². The first kappa shape index (κ1) is 22.2. The predicted octanol–water partition coefficient (Wildman–Crippen LogP) is 4.18. The molecule has 4 aromatic rings. The van der Waals surface area contributed by atoms with Crippen molar-refractivity contribution in [3.63, 3.8) is 0 Å². The van der Waals surface area contributed by atoms with Gasteiger partial charge in [0.05, 0.1) is 24.2 Å². The van der Waals surface area contributed by atoms with Crippen LogP contribution >= 0.6 is 23.1 Å². The fourth-order valence-corrected chi connectivity index (χ4v) is 5.06. The second kappa shape index (κ2) is 9.66. The number of aromatic nitrogens is 4. The molecule has 1 aromatic carbocycles. The molecule has 0 unspecified atom stereocenters. The molecule has 0 bridgehead atoms. The summed E-state index contributed by atoms with van der Waals surface area (Å²) in [4.78, 5) is 28.2. The third-order valence-corrected chi connectivity index (χ3v) is 6.62. The minimum Gasteiger partial charge on any atom is -0.466 e. The fraction of sp³-hybridized carbons (Fsp3) is 0.318. The first-order valence-corrected chi connectivity index (χ1v) is 12.1. The summed E-state index contributed by atoms with van der Waals surface area (Å²) in [6, 6.07) is 8.26. The van der Waals surface area contributed by atoms with Gasteiger partial charge < -0.3 is 10.1 Å². The highest BCUT2D eigenvalue weighted by molar-refractivity contribution is 7.99. The van der Waals surface area contributed by atoms with Crippen LogP contribution in [0.15, 0.2) is 34.8 Å². The number of nitrogens with zero attached hydrogens (tertiary/aromatic N) is 4. The van der Waals surface area contributed by atoms with Gasteiger partial charge in [-0.05, 0) is 38.0 Å². The summed E-state index contributed by atoms with van der Waals surface area (Å²) < 4.78 is 6.98. The number of benzene rings is 1. The molecule has 0 fully saturated rings. The second-order valence-electron chi connectivity index (χ2n) is 7.25. The minimum atomic E-state index is -0.328. The Labute approximate surface area is 193 Å². The van der Waals surface area contributed by atoms with Crippen LogP contribution in [0.2, 0.25) is 0 Å². The molecule has 166 valence electrons. The molecule has 3 aromatic heterocycles. The molecule has 8 nitrogen and oxygen atoms in total. The summed E-state index contributed by atoms with van der Waals surface area (Å²) in [5.41, 5.74) is 4.79. The Morgan fingerprint density at radius 2 is 2.06 bits per heavy atom. The van der Waals surface area contributed by atoms with Gasteiger partial charge in [0.2, 0.25) is 5.91 Å². The Morgan fingerprint density at radius 3 is 2.88 bits per heavy atom. The molecule has 1 amide bonds. The Hall–Kier alpha value is -2.98. The zero-order chi connectivity index (χ0) is 22.7. The minimum absolute atomic E-state index is 0.100. The molecule has 0 radical (unpaired) electrons. The third-order valence-electron chi connectivity index (χ3n) is 4.88. The number of fused-ring (bicyclic) bond motifs is 3. The molecule has 0 atom stereocenters. The van der Waals surface area contributed by atoms with Crippen LogP contribution in [0.25, 0.3) is 16.6 Å². The summed E-state index contributed by atoms with van der Waals surface area (Å²) in [7, 11) is 0. The first-order chi connectivity index (χ1) is 15.5. The summed E-state index contributed by atoms with van der Waals surface area (Å²) in [6.07, 6.45) is 0.401. The first-order valence-electron chi connectivity index (χ1n) is 10.2. The SMILES string of the molecule is CCOC(=O)Cc1csc(NC(=O)CCSc2nnc3cc(C)c4cccc(C)c4n23)n1. The van der Waals surface area contributed by atoms with E-state index >= 15 is 0 Å². The van der Waals surface area contributed by atoms with E-state index in [1.54, 1.807) is 12.3 Å². The molecule has 10 heteroatoms. The van der Waals surface area contributed by atoms with Crippen LogP contribution in [0.1, 0.15) is 30.2 Å². The van der Waals surface area contributed by atoms with Crippen molar-refractivity contribution in [1.82, 2.24) is 19.6 Å². The van der Waals surface area contributed by atoms with Crippen molar-refractivity contribution in [2.45, 2.75) is 38.8 Å². The van der Waals surface area contributed by atoms with E-state index in [1.807, 2.05) is 6.07 Å². The molecule has 0 aliphatic heterocycles. The molecule has 4 rings (SSSR count). The number of rotatable bonds is 8. The van der Waals surface area contributed by atoms with E-state index in [2.05, 4.69) is 56.9 Å². The summed E-state index contributed by atoms with van der Waals surface area (Å²) in [5, 5.41) is 15.6. The van der Waals surface area contributed by atoms with Crippen LogP contribution in [0.5, 0.6) is 0 Å². The van der Waals surface area contributed by atoms with Crippen LogP contribution in [0, 0.1) is 13.8 Å². The maximum Gasteiger partial charge on any atom is 0.311 e. The quantitative estimate of drug-likeness (QED) is 0.305. The summed E-state index contributed by atoms with van der Waals surface area (Å²) in [5.74, 6) is 0.0837. The highest BCUT2D eigenvalue weighted by Gasteiger charge is 2.14. The fourth-order valence-electron chi connectivity index (χ4n) is 3.45. The van der Waals surface area contributed by atoms with E-state index < -0.39 is 0 Å². The average molecular weight is 470 g/mol. The lowest BCUT2D eigenvalue weighted by atomic mass is 10.1. The van der Waals surface area contributed by atoms with E-state index in [-0.39, 0.29) is 18.3 Å². The Bertz CT molecular complexity index is 1300. The van der Waals surface area contributed by atoms with Gasteiger partial charge in [0.15, 0.2) is 15.9 Å². The largest absolute Gasteiger partial charge is 0.466 e. The van der Waals surface area contributed by atoms with Gasteiger partial charge >= 0.3 is 5.97 Å². The van der Waals surface area contributed by atoms with Gasteiger partial charge in [-0.1, -0.05) is 30.0 Å². The molecule has 0 aliphatic rings. The normalized spacial score (nSPS) is 11.2. The molecular formula is C22H23N5O3S2. The number of nitrogens with one attached hydrogen (secondary N) is 1. The van der Waals surface area contributed by atoms with Crippen molar-refractivity contribution in [3.8, 4) is 0 Å². The van der Waals surface area contributed by atoms with Crippen molar-refractivity contribution in [3.05, 3.63) is 46.5 Å². The molecule has 1 N–H and O–H groups in total. The maximum atomic E-state index is 12.4. The molecule has 0 spiro atoms. The number of hydrogen-bond donors (Lipinski definition) is 1. The van der Waals surface area contributed by atoms with Gasteiger partial charge in [0.25, 0.3) is 0 Å². The van der Waals surface area contributed by atoms with Crippen molar-refractivity contribution in [2.75, 3.05) is 17.7 Å². The van der Waals surface area contributed by atoms with Crippen molar-refractivity contribution < 1.29 is 14.3 Å².